The van der Waals surface area contributed by atoms with Crippen LogP contribution in [0.1, 0.15) is 13.8 Å². The van der Waals surface area contributed by atoms with Crippen molar-refractivity contribution in [3.05, 3.63) is 23.7 Å². The van der Waals surface area contributed by atoms with E-state index in [-0.39, 0.29) is 0 Å². The van der Waals surface area contributed by atoms with Crippen LogP contribution < -0.4 is 16.8 Å². The van der Waals surface area contributed by atoms with Gasteiger partial charge in [0.25, 0.3) is 0 Å². The van der Waals surface area contributed by atoms with Crippen molar-refractivity contribution in [2.45, 2.75) is 13.8 Å². The zero-order chi connectivity index (χ0) is 12.7. The third-order valence-corrected chi connectivity index (χ3v) is 2.01. The number of hydrogen-bond donors (Lipinski definition) is 3. The molecule has 5 heteroatoms. The number of hydrogen-bond acceptors (Lipinski definition) is 4. The maximum atomic E-state index is 5.62. The molecule has 0 aliphatic heterocycles. The van der Waals surface area contributed by atoms with Gasteiger partial charge >= 0.3 is 0 Å². The molecule has 5 nitrogen and oxygen atoms in total. The summed E-state index contributed by atoms with van der Waals surface area (Å²) in [4.78, 5) is 6.26. The van der Waals surface area contributed by atoms with Gasteiger partial charge in [-0.25, -0.2) is 4.99 Å². The average Bonchev–Trinajstić information content (AvgIpc) is 2.16. The Bertz CT molecular complexity index is 299. The SMILES string of the molecule is C=C(C)/C(NC)=C(\N=C(/C)N)N(C)CCN. The average molecular weight is 225 g/mol. The van der Waals surface area contributed by atoms with Crippen LogP contribution in [0.3, 0.4) is 0 Å². The van der Waals surface area contributed by atoms with Gasteiger partial charge in [-0.1, -0.05) is 6.58 Å². The van der Waals surface area contributed by atoms with Crippen LogP contribution in [0, 0.1) is 0 Å². The van der Waals surface area contributed by atoms with Crippen LogP contribution in [0.5, 0.6) is 0 Å². The minimum Gasteiger partial charge on any atom is -0.387 e. The smallest absolute Gasteiger partial charge is 0.154 e. The summed E-state index contributed by atoms with van der Waals surface area (Å²) in [5.74, 6) is 1.27. The Balaban J connectivity index is 5.35. The van der Waals surface area contributed by atoms with Crippen molar-refractivity contribution < 1.29 is 0 Å². The zero-order valence-corrected chi connectivity index (χ0v) is 10.7. The molecule has 92 valence electrons. The predicted octanol–water partition coefficient (Wildman–Crippen LogP) is 0.219. The second-order valence-electron chi connectivity index (χ2n) is 3.69. The molecule has 16 heavy (non-hydrogen) atoms. The molecule has 0 saturated carbocycles. The summed E-state index contributed by atoms with van der Waals surface area (Å²) >= 11 is 0. The molecule has 0 amide bonds. The highest BCUT2D eigenvalue weighted by Gasteiger charge is 2.10. The lowest BCUT2D eigenvalue weighted by Crippen LogP contribution is -2.28. The van der Waals surface area contributed by atoms with E-state index in [2.05, 4.69) is 16.9 Å². The summed E-state index contributed by atoms with van der Waals surface area (Å²) in [6.07, 6.45) is 0. The van der Waals surface area contributed by atoms with Crippen LogP contribution in [0.4, 0.5) is 0 Å². The van der Waals surface area contributed by atoms with Crippen molar-refractivity contribution in [1.29, 1.82) is 0 Å². The molecule has 0 heterocycles. The molecule has 0 saturated heterocycles. The zero-order valence-electron chi connectivity index (χ0n) is 10.7. The van der Waals surface area contributed by atoms with E-state index in [1.165, 1.54) is 0 Å². The fourth-order valence-electron chi connectivity index (χ4n) is 1.31. The summed E-state index contributed by atoms with van der Waals surface area (Å²) in [5, 5.41) is 3.08. The highest BCUT2D eigenvalue weighted by atomic mass is 15.2. The topological polar surface area (TPSA) is 79.7 Å². The molecular formula is C11H23N5. The Morgan fingerprint density at radius 2 is 2.00 bits per heavy atom. The first-order valence-corrected chi connectivity index (χ1v) is 5.23. The highest BCUT2D eigenvalue weighted by molar-refractivity contribution is 5.78. The number of nitrogens with zero attached hydrogens (tertiary/aromatic N) is 2. The van der Waals surface area contributed by atoms with Gasteiger partial charge in [-0.3, -0.25) is 0 Å². The highest BCUT2D eigenvalue weighted by Crippen LogP contribution is 2.14. The van der Waals surface area contributed by atoms with Crippen molar-refractivity contribution >= 4 is 5.84 Å². The number of aliphatic imine (C=N–C) groups is 1. The molecule has 0 aliphatic carbocycles. The minimum atomic E-state index is 0.507. The molecule has 0 fully saturated rings. The van der Waals surface area contributed by atoms with Gasteiger partial charge in [0.15, 0.2) is 5.82 Å². The second kappa shape index (κ2) is 6.90. The Kier molecular flexibility index (Phi) is 6.25. The molecule has 0 aromatic rings. The van der Waals surface area contributed by atoms with E-state index in [1.807, 2.05) is 25.9 Å². The number of nitrogens with one attached hydrogen (secondary N) is 1. The molecular weight excluding hydrogens is 202 g/mol. The van der Waals surface area contributed by atoms with E-state index in [4.69, 9.17) is 11.5 Å². The van der Waals surface area contributed by atoms with Crippen LogP contribution in [0.25, 0.3) is 0 Å². The van der Waals surface area contributed by atoms with Crippen molar-refractivity contribution in [3.63, 3.8) is 0 Å². The van der Waals surface area contributed by atoms with Crippen molar-refractivity contribution in [2.75, 3.05) is 27.2 Å². The molecule has 0 bridgehead atoms. The van der Waals surface area contributed by atoms with Crippen LogP contribution in [-0.2, 0) is 0 Å². The largest absolute Gasteiger partial charge is 0.387 e. The first-order valence-electron chi connectivity index (χ1n) is 5.23. The quantitative estimate of drug-likeness (QED) is 0.343. The summed E-state index contributed by atoms with van der Waals surface area (Å²) in [6.45, 7) is 8.86. The van der Waals surface area contributed by atoms with Gasteiger partial charge in [0.05, 0.1) is 11.5 Å². The van der Waals surface area contributed by atoms with Crippen molar-refractivity contribution in [1.82, 2.24) is 10.2 Å². The van der Waals surface area contributed by atoms with E-state index in [9.17, 15) is 0 Å². The maximum absolute atomic E-state index is 5.62. The van der Waals surface area contributed by atoms with Crippen LogP contribution in [-0.4, -0.2) is 37.9 Å². The summed E-state index contributed by atoms with van der Waals surface area (Å²) in [6, 6.07) is 0. The summed E-state index contributed by atoms with van der Waals surface area (Å²) < 4.78 is 0. The van der Waals surface area contributed by atoms with Gasteiger partial charge in [-0.15, -0.1) is 0 Å². The number of rotatable bonds is 6. The normalized spacial score (nSPS) is 13.2. The first-order chi connectivity index (χ1) is 7.43. The van der Waals surface area contributed by atoms with Crippen LogP contribution in [0.15, 0.2) is 28.7 Å². The molecule has 5 N–H and O–H groups in total. The molecule has 0 radical (unpaired) electrons. The number of nitrogens with two attached hydrogens (primary N) is 2. The van der Waals surface area contributed by atoms with Gasteiger partial charge in [0.1, 0.15) is 0 Å². The molecule has 0 aromatic heterocycles. The lowest BCUT2D eigenvalue weighted by Gasteiger charge is -2.22. The van der Waals surface area contributed by atoms with E-state index in [0.717, 1.165) is 17.1 Å². The monoisotopic (exact) mass is 225 g/mol. The fourth-order valence-corrected chi connectivity index (χ4v) is 1.31. The minimum absolute atomic E-state index is 0.507. The second-order valence-corrected chi connectivity index (χ2v) is 3.69. The number of allylic oxidation sites excluding steroid dienone is 1. The lowest BCUT2D eigenvalue weighted by atomic mass is 10.2. The van der Waals surface area contributed by atoms with Gasteiger partial charge in [-0.05, 0) is 19.4 Å². The molecule has 0 unspecified atom stereocenters. The Hall–Kier alpha value is -1.49. The fraction of sp³-hybridized carbons (Fsp3) is 0.545. The molecule has 0 atom stereocenters. The molecule has 0 aromatic carbocycles. The predicted molar refractivity (Wildman–Crippen MR) is 69.9 cm³/mol. The third-order valence-electron chi connectivity index (χ3n) is 2.01. The molecule has 0 spiro atoms. The molecule has 0 aliphatic rings. The van der Waals surface area contributed by atoms with E-state index >= 15 is 0 Å². The Labute approximate surface area is 97.9 Å². The van der Waals surface area contributed by atoms with Gasteiger partial charge < -0.3 is 21.7 Å². The van der Waals surface area contributed by atoms with Gasteiger partial charge in [-0.2, -0.15) is 0 Å². The first kappa shape index (κ1) is 14.5. The van der Waals surface area contributed by atoms with Crippen LogP contribution in [0.2, 0.25) is 0 Å². The third kappa shape index (κ3) is 4.35. The van der Waals surface area contributed by atoms with E-state index in [0.29, 0.717) is 18.9 Å². The Morgan fingerprint density at radius 1 is 1.44 bits per heavy atom. The van der Waals surface area contributed by atoms with Gasteiger partial charge in [0.2, 0.25) is 0 Å². The lowest BCUT2D eigenvalue weighted by molar-refractivity contribution is 0.417. The Morgan fingerprint density at radius 3 is 2.31 bits per heavy atom. The van der Waals surface area contributed by atoms with E-state index in [1.54, 1.807) is 6.92 Å². The van der Waals surface area contributed by atoms with Crippen LogP contribution >= 0.6 is 0 Å². The number of likely N-dealkylation sites (N-methyl/N-ethyl adjacent to an activating group) is 2. The summed E-state index contributed by atoms with van der Waals surface area (Å²) in [5.41, 5.74) is 12.9. The van der Waals surface area contributed by atoms with Gasteiger partial charge in [0, 0.05) is 27.2 Å². The van der Waals surface area contributed by atoms with Crippen molar-refractivity contribution in [2.24, 2.45) is 16.5 Å². The molecule has 0 rings (SSSR count). The van der Waals surface area contributed by atoms with E-state index < -0.39 is 0 Å². The number of amidine groups is 1. The maximum Gasteiger partial charge on any atom is 0.154 e. The van der Waals surface area contributed by atoms with Crippen molar-refractivity contribution in [3.8, 4) is 0 Å². The standard InChI is InChI=1S/C11H23N5/c1-8(2)10(14-4)11(15-9(3)13)16(5)7-6-12/h14H,1,6-7,12H2,2-5H3,(H2,13,15)/b11-10-. The summed E-state index contributed by atoms with van der Waals surface area (Å²) in [7, 11) is 3.76.